The van der Waals surface area contributed by atoms with E-state index in [0.717, 1.165) is 4.70 Å². The molecular formula is C21H22N2O4S. The van der Waals surface area contributed by atoms with Gasteiger partial charge < -0.3 is 9.47 Å². The molecule has 0 radical (unpaired) electrons. The van der Waals surface area contributed by atoms with Crippen LogP contribution in [-0.2, 0) is 14.9 Å². The second kappa shape index (κ2) is 7.98. The minimum absolute atomic E-state index is 0.0660. The smallest absolute Gasteiger partial charge is 0.337 e. The second-order valence-corrected chi connectivity index (χ2v) is 8.33. The number of amides is 1. The highest BCUT2D eigenvalue weighted by Gasteiger charge is 2.14. The number of fused-ring (bicyclic) bond motifs is 1. The maximum atomic E-state index is 12.2. The second-order valence-electron chi connectivity index (χ2n) is 7.30. The minimum Gasteiger partial charge on any atom is -0.484 e. The molecule has 3 rings (SSSR count). The number of carbonyl (C=O) groups is 2. The Morgan fingerprint density at radius 1 is 1.11 bits per heavy atom. The van der Waals surface area contributed by atoms with Crippen molar-refractivity contribution in [2.24, 2.45) is 0 Å². The number of nitrogens with zero attached hydrogens (tertiary/aromatic N) is 1. The number of benzene rings is 2. The van der Waals surface area contributed by atoms with Gasteiger partial charge in [0.25, 0.3) is 5.91 Å². The largest absolute Gasteiger partial charge is 0.484 e. The van der Waals surface area contributed by atoms with E-state index in [9.17, 15) is 9.59 Å². The fourth-order valence-electron chi connectivity index (χ4n) is 2.58. The maximum Gasteiger partial charge on any atom is 0.337 e. The highest BCUT2D eigenvalue weighted by Crippen LogP contribution is 2.27. The summed E-state index contributed by atoms with van der Waals surface area (Å²) in [7, 11) is 1.33. The molecule has 28 heavy (non-hydrogen) atoms. The van der Waals surface area contributed by atoms with Crippen LogP contribution in [0.4, 0.5) is 5.13 Å². The average Bonchev–Trinajstić information content (AvgIpc) is 3.06. The molecule has 7 heteroatoms. The molecule has 2 aromatic carbocycles. The summed E-state index contributed by atoms with van der Waals surface area (Å²) in [5, 5.41) is 3.18. The van der Waals surface area contributed by atoms with Crippen LogP contribution in [0.2, 0.25) is 0 Å². The van der Waals surface area contributed by atoms with Crippen LogP contribution in [-0.4, -0.2) is 30.6 Å². The van der Waals surface area contributed by atoms with Crippen LogP contribution in [0.1, 0.15) is 36.7 Å². The van der Waals surface area contributed by atoms with Crippen LogP contribution in [0.3, 0.4) is 0 Å². The third-order valence-electron chi connectivity index (χ3n) is 4.15. The molecule has 0 saturated carbocycles. The number of nitrogens with one attached hydrogen (secondary N) is 1. The number of aromatic nitrogens is 1. The molecule has 0 unspecified atom stereocenters. The van der Waals surface area contributed by atoms with Crippen molar-refractivity contribution in [1.29, 1.82) is 0 Å². The Labute approximate surface area is 167 Å². The summed E-state index contributed by atoms with van der Waals surface area (Å²) in [5.41, 5.74) is 2.41. The normalized spacial score (nSPS) is 11.3. The van der Waals surface area contributed by atoms with E-state index in [1.165, 1.54) is 24.0 Å². The number of rotatable bonds is 5. The Morgan fingerprint density at radius 3 is 2.46 bits per heavy atom. The van der Waals surface area contributed by atoms with Crippen molar-refractivity contribution in [3.63, 3.8) is 0 Å². The number of carbonyl (C=O) groups excluding carboxylic acids is 2. The van der Waals surface area contributed by atoms with Gasteiger partial charge in [-0.25, -0.2) is 9.78 Å². The molecule has 1 amide bonds. The Bertz CT molecular complexity index is 1000. The standard InChI is InChI=1S/C21H22N2O4S/c1-21(2,3)14-6-8-15(9-7-14)27-12-18(24)23-20-22-16-10-5-13(19(25)26-4)11-17(16)28-20/h5-11H,12H2,1-4H3,(H,22,23,24). The van der Waals surface area contributed by atoms with Crippen molar-refractivity contribution >= 4 is 38.6 Å². The monoisotopic (exact) mass is 398 g/mol. The lowest BCUT2D eigenvalue weighted by molar-refractivity contribution is -0.118. The fraction of sp³-hybridized carbons (Fsp3) is 0.286. The fourth-order valence-corrected chi connectivity index (χ4v) is 3.50. The first-order chi connectivity index (χ1) is 13.3. The van der Waals surface area contributed by atoms with Crippen LogP contribution in [0.25, 0.3) is 10.2 Å². The zero-order chi connectivity index (χ0) is 20.3. The number of ether oxygens (including phenoxy) is 2. The molecule has 0 aliphatic carbocycles. The lowest BCUT2D eigenvalue weighted by Crippen LogP contribution is -2.20. The summed E-state index contributed by atoms with van der Waals surface area (Å²) >= 11 is 1.29. The van der Waals surface area contributed by atoms with Crippen LogP contribution >= 0.6 is 11.3 Å². The summed E-state index contributed by atoms with van der Waals surface area (Å²) in [6.07, 6.45) is 0. The van der Waals surface area contributed by atoms with Gasteiger partial charge in [0, 0.05) is 0 Å². The molecule has 0 aliphatic rings. The van der Waals surface area contributed by atoms with Gasteiger partial charge in [0.2, 0.25) is 0 Å². The van der Waals surface area contributed by atoms with Crippen molar-refractivity contribution in [2.75, 3.05) is 19.0 Å². The number of methoxy groups -OCH3 is 1. The first-order valence-corrected chi connectivity index (χ1v) is 9.60. The van der Waals surface area contributed by atoms with Crippen molar-refractivity contribution < 1.29 is 19.1 Å². The summed E-state index contributed by atoms with van der Waals surface area (Å²) in [4.78, 5) is 28.1. The van der Waals surface area contributed by atoms with Crippen molar-refractivity contribution in [3.8, 4) is 5.75 Å². The Hall–Kier alpha value is -2.93. The van der Waals surface area contributed by atoms with Crippen LogP contribution in [0.5, 0.6) is 5.75 Å². The third kappa shape index (κ3) is 4.67. The molecule has 1 heterocycles. The predicted octanol–water partition coefficient (Wildman–Crippen LogP) is 4.40. The van der Waals surface area contributed by atoms with E-state index >= 15 is 0 Å². The summed E-state index contributed by atoms with van der Waals surface area (Å²) < 4.78 is 11.1. The first-order valence-electron chi connectivity index (χ1n) is 8.78. The van der Waals surface area contributed by atoms with E-state index < -0.39 is 5.97 Å². The maximum absolute atomic E-state index is 12.2. The average molecular weight is 398 g/mol. The molecule has 1 N–H and O–H groups in total. The molecular weight excluding hydrogens is 376 g/mol. The molecule has 0 bridgehead atoms. The van der Waals surface area contributed by atoms with E-state index in [1.807, 2.05) is 24.3 Å². The molecule has 0 saturated heterocycles. The van der Waals surface area contributed by atoms with Gasteiger partial charge in [0.15, 0.2) is 11.7 Å². The number of hydrogen-bond acceptors (Lipinski definition) is 6. The van der Waals surface area contributed by atoms with E-state index in [0.29, 0.717) is 22.0 Å². The molecule has 0 atom stereocenters. The van der Waals surface area contributed by atoms with Crippen molar-refractivity contribution in [3.05, 3.63) is 53.6 Å². The van der Waals surface area contributed by atoms with Crippen molar-refractivity contribution in [1.82, 2.24) is 4.98 Å². The van der Waals surface area contributed by atoms with E-state index in [4.69, 9.17) is 9.47 Å². The van der Waals surface area contributed by atoms with E-state index in [2.05, 4.69) is 31.1 Å². The Morgan fingerprint density at radius 2 is 1.82 bits per heavy atom. The molecule has 3 aromatic rings. The summed E-state index contributed by atoms with van der Waals surface area (Å²) in [6, 6.07) is 12.8. The van der Waals surface area contributed by atoms with Crippen LogP contribution in [0, 0.1) is 0 Å². The highest BCUT2D eigenvalue weighted by molar-refractivity contribution is 7.22. The minimum atomic E-state index is -0.410. The lowest BCUT2D eigenvalue weighted by atomic mass is 9.87. The molecule has 0 fully saturated rings. The summed E-state index contributed by atoms with van der Waals surface area (Å²) in [6.45, 7) is 6.31. The molecule has 6 nitrogen and oxygen atoms in total. The molecule has 0 aliphatic heterocycles. The molecule has 146 valence electrons. The number of thiazole rings is 1. The third-order valence-corrected chi connectivity index (χ3v) is 5.08. The van der Waals surface area contributed by atoms with Gasteiger partial charge in [0.05, 0.1) is 22.9 Å². The van der Waals surface area contributed by atoms with Crippen LogP contribution in [0.15, 0.2) is 42.5 Å². The lowest BCUT2D eigenvalue weighted by Gasteiger charge is -2.19. The van der Waals surface area contributed by atoms with Gasteiger partial charge in [-0.05, 0) is 41.3 Å². The van der Waals surface area contributed by atoms with Gasteiger partial charge in [-0.1, -0.05) is 44.2 Å². The number of hydrogen-bond donors (Lipinski definition) is 1. The van der Waals surface area contributed by atoms with Crippen LogP contribution < -0.4 is 10.1 Å². The number of anilines is 1. The van der Waals surface area contributed by atoms with E-state index in [-0.39, 0.29) is 17.9 Å². The van der Waals surface area contributed by atoms with Gasteiger partial charge >= 0.3 is 5.97 Å². The van der Waals surface area contributed by atoms with Gasteiger partial charge in [0.1, 0.15) is 5.75 Å². The first kappa shape index (κ1) is 19.8. The predicted molar refractivity (Wildman–Crippen MR) is 110 cm³/mol. The zero-order valence-corrected chi connectivity index (χ0v) is 17.1. The number of esters is 1. The van der Waals surface area contributed by atoms with Gasteiger partial charge in [-0.3, -0.25) is 10.1 Å². The van der Waals surface area contributed by atoms with E-state index in [1.54, 1.807) is 18.2 Å². The van der Waals surface area contributed by atoms with Crippen molar-refractivity contribution in [2.45, 2.75) is 26.2 Å². The molecule has 0 spiro atoms. The Balaban J connectivity index is 1.61. The zero-order valence-electron chi connectivity index (χ0n) is 16.2. The topological polar surface area (TPSA) is 77.5 Å². The summed E-state index contributed by atoms with van der Waals surface area (Å²) in [5.74, 6) is -0.0749. The SMILES string of the molecule is COC(=O)c1ccc2nc(NC(=O)COc3ccc(C(C)(C)C)cc3)sc2c1. The Kier molecular flexibility index (Phi) is 5.65. The van der Waals surface area contributed by atoms with Gasteiger partial charge in [-0.2, -0.15) is 0 Å². The quantitative estimate of drug-likeness (QED) is 0.645. The molecule has 1 aromatic heterocycles. The van der Waals surface area contributed by atoms with Gasteiger partial charge in [-0.15, -0.1) is 0 Å². The highest BCUT2D eigenvalue weighted by atomic mass is 32.1.